The van der Waals surface area contributed by atoms with Gasteiger partial charge in [-0.1, -0.05) is 42.5 Å². The second-order valence-electron chi connectivity index (χ2n) is 3.81. The van der Waals surface area contributed by atoms with E-state index < -0.39 is 0 Å². The summed E-state index contributed by atoms with van der Waals surface area (Å²) in [4.78, 5) is 0. The lowest BCUT2D eigenvalue weighted by atomic mass is 10.2. The zero-order chi connectivity index (χ0) is 12.3. The van der Waals surface area contributed by atoms with E-state index in [0.29, 0.717) is 13.0 Å². The van der Waals surface area contributed by atoms with Crippen molar-refractivity contribution in [3.63, 3.8) is 0 Å². The van der Waals surface area contributed by atoms with Crippen LogP contribution < -0.4 is 0 Å². The monoisotopic (exact) mass is 236 g/mol. The first-order valence-electron chi connectivity index (χ1n) is 5.90. The number of hydrogen-bond acceptors (Lipinski definition) is 3. The van der Waals surface area contributed by atoms with Crippen LogP contribution in [0.25, 0.3) is 0 Å². The SMILES string of the molecule is OC/C=C/C(CCCO)OCc1ccccc1. The maximum absolute atomic E-state index is 8.80. The Hall–Kier alpha value is -1.16. The number of rotatable bonds is 8. The minimum absolute atomic E-state index is 0.0182. The van der Waals surface area contributed by atoms with Crippen LogP contribution in [0.2, 0.25) is 0 Å². The van der Waals surface area contributed by atoms with Crippen molar-refractivity contribution in [1.29, 1.82) is 0 Å². The fraction of sp³-hybridized carbons (Fsp3) is 0.429. The predicted molar refractivity (Wildman–Crippen MR) is 67.6 cm³/mol. The molecule has 1 atom stereocenters. The summed E-state index contributed by atoms with van der Waals surface area (Å²) in [5, 5.41) is 17.5. The zero-order valence-electron chi connectivity index (χ0n) is 9.96. The lowest BCUT2D eigenvalue weighted by Gasteiger charge is -2.13. The molecule has 0 aliphatic heterocycles. The van der Waals surface area contributed by atoms with Gasteiger partial charge in [0.15, 0.2) is 0 Å². The molecule has 0 bridgehead atoms. The van der Waals surface area contributed by atoms with Gasteiger partial charge in [-0.15, -0.1) is 0 Å². The van der Waals surface area contributed by atoms with Gasteiger partial charge in [0.05, 0.1) is 19.3 Å². The van der Waals surface area contributed by atoms with E-state index in [1.165, 1.54) is 0 Å². The molecule has 2 N–H and O–H groups in total. The Labute approximate surface area is 102 Å². The molecule has 0 saturated heterocycles. The molecule has 3 heteroatoms. The molecule has 0 fully saturated rings. The van der Waals surface area contributed by atoms with Gasteiger partial charge in [-0.3, -0.25) is 0 Å². The molecule has 1 rings (SSSR count). The minimum Gasteiger partial charge on any atom is -0.396 e. The van der Waals surface area contributed by atoms with Crippen LogP contribution in [0.5, 0.6) is 0 Å². The van der Waals surface area contributed by atoms with Crippen molar-refractivity contribution in [1.82, 2.24) is 0 Å². The Balaban J connectivity index is 2.40. The molecule has 0 amide bonds. The molecule has 0 aromatic heterocycles. The number of ether oxygens (including phenoxy) is 1. The highest BCUT2D eigenvalue weighted by molar-refractivity contribution is 5.13. The Morgan fingerprint density at radius 3 is 2.59 bits per heavy atom. The molecule has 1 unspecified atom stereocenters. The molecule has 0 radical (unpaired) electrons. The summed E-state index contributed by atoms with van der Waals surface area (Å²) >= 11 is 0. The fourth-order valence-electron chi connectivity index (χ4n) is 1.52. The Morgan fingerprint density at radius 1 is 1.18 bits per heavy atom. The lowest BCUT2D eigenvalue weighted by molar-refractivity contribution is 0.0612. The summed E-state index contributed by atoms with van der Waals surface area (Å²) in [5.41, 5.74) is 1.12. The van der Waals surface area contributed by atoms with Gasteiger partial charge in [-0.25, -0.2) is 0 Å². The highest BCUT2D eigenvalue weighted by Crippen LogP contribution is 2.09. The summed E-state index contributed by atoms with van der Waals surface area (Å²) < 4.78 is 5.72. The van der Waals surface area contributed by atoms with Gasteiger partial charge in [0, 0.05) is 6.61 Å². The summed E-state index contributed by atoms with van der Waals surface area (Å²) in [6.07, 6.45) is 4.94. The molecule has 0 aliphatic rings. The third kappa shape index (κ3) is 6.22. The van der Waals surface area contributed by atoms with E-state index in [2.05, 4.69) is 0 Å². The molecule has 0 heterocycles. The van der Waals surface area contributed by atoms with Crippen molar-refractivity contribution in [2.45, 2.75) is 25.6 Å². The second-order valence-corrected chi connectivity index (χ2v) is 3.81. The van der Waals surface area contributed by atoms with E-state index in [1.807, 2.05) is 36.4 Å². The van der Waals surface area contributed by atoms with Crippen LogP contribution in [-0.2, 0) is 11.3 Å². The number of aliphatic hydroxyl groups is 2. The quantitative estimate of drug-likeness (QED) is 0.678. The maximum Gasteiger partial charge on any atom is 0.0762 e. The van der Waals surface area contributed by atoms with Gasteiger partial charge in [-0.2, -0.15) is 0 Å². The van der Waals surface area contributed by atoms with Crippen LogP contribution in [0.4, 0.5) is 0 Å². The van der Waals surface area contributed by atoms with Gasteiger partial charge >= 0.3 is 0 Å². The third-order valence-corrected chi connectivity index (χ3v) is 2.41. The second kappa shape index (κ2) is 8.93. The van der Waals surface area contributed by atoms with Crippen molar-refractivity contribution in [2.75, 3.05) is 13.2 Å². The van der Waals surface area contributed by atoms with E-state index in [4.69, 9.17) is 14.9 Å². The smallest absolute Gasteiger partial charge is 0.0762 e. The van der Waals surface area contributed by atoms with E-state index in [-0.39, 0.29) is 19.3 Å². The molecular formula is C14H20O3. The Morgan fingerprint density at radius 2 is 1.94 bits per heavy atom. The summed E-state index contributed by atoms with van der Waals surface area (Å²) in [6, 6.07) is 9.95. The van der Waals surface area contributed by atoms with Crippen LogP contribution in [0.15, 0.2) is 42.5 Å². The van der Waals surface area contributed by atoms with Crippen LogP contribution in [0, 0.1) is 0 Å². The fourth-order valence-corrected chi connectivity index (χ4v) is 1.52. The van der Waals surface area contributed by atoms with Gasteiger partial charge in [-0.05, 0) is 18.4 Å². The van der Waals surface area contributed by atoms with Crippen molar-refractivity contribution in [3.8, 4) is 0 Å². The molecule has 94 valence electrons. The number of hydrogen-bond donors (Lipinski definition) is 2. The van der Waals surface area contributed by atoms with Crippen LogP contribution >= 0.6 is 0 Å². The average molecular weight is 236 g/mol. The normalized spacial score (nSPS) is 13.1. The van der Waals surface area contributed by atoms with E-state index in [1.54, 1.807) is 6.08 Å². The molecule has 3 nitrogen and oxygen atoms in total. The van der Waals surface area contributed by atoms with Gasteiger partial charge in [0.1, 0.15) is 0 Å². The zero-order valence-corrected chi connectivity index (χ0v) is 9.96. The number of aliphatic hydroxyl groups excluding tert-OH is 2. The van der Waals surface area contributed by atoms with Gasteiger partial charge < -0.3 is 14.9 Å². The largest absolute Gasteiger partial charge is 0.396 e. The summed E-state index contributed by atoms with van der Waals surface area (Å²) in [5.74, 6) is 0. The first-order chi connectivity index (χ1) is 8.36. The minimum atomic E-state index is -0.0468. The van der Waals surface area contributed by atoms with Crippen LogP contribution in [-0.4, -0.2) is 29.5 Å². The Kier molecular flexibility index (Phi) is 7.30. The van der Waals surface area contributed by atoms with Crippen molar-refractivity contribution >= 4 is 0 Å². The first kappa shape index (κ1) is 13.9. The topological polar surface area (TPSA) is 49.7 Å². The van der Waals surface area contributed by atoms with E-state index in [9.17, 15) is 0 Å². The van der Waals surface area contributed by atoms with E-state index in [0.717, 1.165) is 12.0 Å². The predicted octanol–water partition coefficient (Wildman–Crippen LogP) is 1.89. The van der Waals surface area contributed by atoms with Gasteiger partial charge in [0.25, 0.3) is 0 Å². The Bertz CT molecular complexity index is 309. The molecule has 0 spiro atoms. The van der Waals surface area contributed by atoms with Crippen molar-refractivity contribution in [3.05, 3.63) is 48.0 Å². The molecule has 17 heavy (non-hydrogen) atoms. The maximum atomic E-state index is 8.80. The summed E-state index contributed by atoms with van der Waals surface area (Å²) in [7, 11) is 0. The van der Waals surface area contributed by atoms with E-state index >= 15 is 0 Å². The molecule has 1 aromatic rings. The molecule has 0 aliphatic carbocycles. The average Bonchev–Trinajstić information content (AvgIpc) is 2.39. The van der Waals surface area contributed by atoms with Crippen LogP contribution in [0.1, 0.15) is 18.4 Å². The first-order valence-corrected chi connectivity index (χ1v) is 5.90. The highest BCUT2D eigenvalue weighted by atomic mass is 16.5. The third-order valence-electron chi connectivity index (χ3n) is 2.41. The standard InChI is InChI=1S/C14H20O3/c15-10-4-8-14(9-5-11-16)17-12-13-6-2-1-3-7-13/h1-4,6-8,14-16H,5,9-12H2/b8-4+. The van der Waals surface area contributed by atoms with Crippen molar-refractivity contribution in [2.24, 2.45) is 0 Å². The summed E-state index contributed by atoms with van der Waals surface area (Å²) in [6.45, 7) is 0.731. The lowest BCUT2D eigenvalue weighted by Crippen LogP contribution is -2.11. The molecular weight excluding hydrogens is 216 g/mol. The van der Waals surface area contributed by atoms with Crippen LogP contribution in [0.3, 0.4) is 0 Å². The molecule has 0 saturated carbocycles. The van der Waals surface area contributed by atoms with Crippen molar-refractivity contribution < 1.29 is 14.9 Å². The highest BCUT2D eigenvalue weighted by Gasteiger charge is 2.04. The molecule has 1 aromatic carbocycles. The number of benzene rings is 1. The van der Waals surface area contributed by atoms with Gasteiger partial charge in [0.2, 0.25) is 0 Å².